The van der Waals surface area contributed by atoms with E-state index in [1.807, 2.05) is 0 Å². The summed E-state index contributed by atoms with van der Waals surface area (Å²) in [6.45, 7) is 0. The number of nitro groups is 2. The molecule has 0 atom stereocenters. The maximum Gasteiger partial charge on any atom is 0.273 e. The predicted molar refractivity (Wildman–Crippen MR) is 79.3 cm³/mol. The fraction of sp³-hybridized carbons (Fsp3) is 0.143. The fourth-order valence-corrected chi connectivity index (χ4v) is 1.45. The van der Waals surface area contributed by atoms with Gasteiger partial charge in [0.05, 0.1) is 36.2 Å². The van der Waals surface area contributed by atoms with E-state index in [0.717, 1.165) is 0 Å². The molecule has 116 valence electrons. The normalized spacial score (nSPS) is 9.18. The van der Waals surface area contributed by atoms with Gasteiger partial charge in [0.25, 0.3) is 11.4 Å². The Morgan fingerprint density at radius 3 is 1.41 bits per heavy atom. The van der Waals surface area contributed by atoms with Crippen molar-refractivity contribution in [1.29, 1.82) is 0 Å². The Balaban J connectivity index is 0.000000220. The molecule has 0 aliphatic rings. The molecule has 0 N–H and O–H groups in total. The number of nitrogens with zero attached hydrogens (tertiary/aromatic N) is 2. The standard InChI is InChI=1S/2C7H7NO3/c2*1-11-7-4-2-3-6(5-7)8(9)10/h2*2-5H,1H3. The highest BCUT2D eigenvalue weighted by Crippen LogP contribution is 2.18. The quantitative estimate of drug-likeness (QED) is 0.634. The Morgan fingerprint density at radius 1 is 0.773 bits per heavy atom. The largest absolute Gasteiger partial charge is 0.497 e. The van der Waals surface area contributed by atoms with Gasteiger partial charge in [-0.1, -0.05) is 12.1 Å². The maximum absolute atomic E-state index is 10.2. The molecule has 0 aromatic heterocycles. The number of hydrogen-bond donors (Lipinski definition) is 0. The second-order valence-corrected chi connectivity index (χ2v) is 3.92. The molecule has 0 spiro atoms. The molecule has 0 heterocycles. The van der Waals surface area contributed by atoms with Crippen LogP contribution in [0.5, 0.6) is 11.5 Å². The number of rotatable bonds is 4. The summed E-state index contributed by atoms with van der Waals surface area (Å²) in [4.78, 5) is 19.5. The highest BCUT2D eigenvalue weighted by Gasteiger charge is 2.05. The minimum absolute atomic E-state index is 0.0457. The van der Waals surface area contributed by atoms with Crippen LogP contribution in [0.4, 0.5) is 11.4 Å². The van der Waals surface area contributed by atoms with Crippen LogP contribution in [0.1, 0.15) is 0 Å². The van der Waals surface area contributed by atoms with Crippen LogP contribution >= 0.6 is 0 Å². The molecule has 8 heteroatoms. The number of methoxy groups -OCH3 is 2. The van der Waals surface area contributed by atoms with Crippen molar-refractivity contribution in [2.45, 2.75) is 0 Å². The summed E-state index contributed by atoms with van der Waals surface area (Å²) >= 11 is 0. The van der Waals surface area contributed by atoms with Gasteiger partial charge in [0, 0.05) is 12.1 Å². The SMILES string of the molecule is COc1cccc([N+](=O)[O-])c1.COc1cccc([N+](=O)[O-])c1. The highest BCUT2D eigenvalue weighted by molar-refractivity contribution is 5.38. The molecule has 2 aromatic rings. The predicted octanol–water partition coefficient (Wildman–Crippen LogP) is 3.21. The Hall–Kier alpha value is -3.16. The minimum Gasteiger partial charge on any atom is -0.497 e. The first-order valence-corrected chi connectivity index (χ1v) is 6.04. The van der Waals surface area contributed by atoms with Crippen LogP contribution in [0.3, 0.4) is 0 Å². The van der Waals surface area contributed by atoms with Crippen LogP contribution in [0.25, 0.3) is 0 Å². The molecule has 0 radical (unpaired) electrons. The van der Waals surface area contributed by atoms with E-state index in [1.165, 1.54) is 38.5 Å². The maximum atomic E-state index is 10.2. The second-order valence-electron chi connectivity index (χ2n) is 3.92. The van der Waals surface area contributed by atoms with E-state index in [0.29, 0.717) is 11.5 Å². The van der Waals surface area contributed by atoms with Gasteiger partial charge >= 0.3 is 0 Å². The molecule has 0 bridgehead atoms. The summed E-state index contributed by atoms with van der Waals surface area (Å²) in [7, 11) is 2.94. The molecule has 0 amide bonds. The molecule has 0 saturated carbocycles. The molecule has 0 fully saturated rings. The lowest BCUT2D eigenvalue weighted by molar-refractivity contribution is -0.385. The van der Waals surface area contributed by atoms with Gasteiger partial charge in [-0.15, -0.1) is 0 Å². The zero-order chi connectivity index (χ0) is 16.5. The van der Waals surface area contributed by atoms with Gasteiger partial charge in [-0.2, -0.15) is 0 Å². The van der Waals surface area contributed by atoms with E-state index in [1.54, 1.807) is 24.3 Å². The Morgan fingerprint density at radius 2 is 1.14 bits per heavy atom. The third-order valence-corrected chi connectivity index (χ3v) is 2.53. The first-order chi connectivity index (χ1) is 10.5. The van der Waals surface area contributed by atoms with Crippen molar-refractivity contribution in [1.82, 2.24) is 0 Å². The third-order valence-electron chi connectivity index (χ3n) is 2.53. The van der Waals surface area contributed by atoms with E-state index in [2.05, 4.69) is 0 Å². The third kappa shape index (κ3) is 5.08. The molecule has 0 unspecified atom stereocenters. The van der Waals surface area contributed by atoms with Crippen LogP contribution in [0, 0.1) is 20.2 Å². The Kier molecular flexibility index (Phi) is 6.30. The van der Waals surface area contributed by atoms with Crippen molar-refractivity contribution < 1.29 is 19.3 Å². The number of nitro benzene ring substituents is 2. The fourth-order valence-electron chi connectivity index (χ4n) is 1.45. The van der Waals surface area contributed by atoms with E-state index in [4.69, 9.17) is 9.47 Å². The van der Waals surface area contributed by atoms with Gasteiger partial charge in [0.2, 0.25) is 0 Å². The van der Waals surface area contributed by atoms with E-state index >= 15 is 0 Å². The highest BCUT2D eigenvalue weighted by atomic mass is 16.6. The smallest absolute Gasteiger partial charge is 0.273 e. The van der Waals surface area contributed by atoms with Crippen molar-refractivity contribution in [2.75, 3.05) is 14.2 Å². The molecule has 0 saturated heterocycles. The second kappa shape index (κ2) is 8.20. The summed E-state index contributed by atoms with van der Waals surface area (Å²) in [5, 5.41) is 20.4. The van der Waals surface area contributed by atoms with Crippen LogP contribution in [0.2, 0.25) is 0 Å². The van der Waals surface area contributed by atoms with Gasteiger partial charge in [0.1, 0.15) is 11.5 Å². The monoisotopic (exact) mass is 306 g/mol. The van der Waals surface area contributed by atoms with Crippen molar-refractivity contribution in [2.24, 2.45) is 0 Å². The van der Waals surface area contributed by atoms with E-state index in [9.17, 15) is 20.2 Å². The zero-order valence-corrected chi connectivity index (χ0v) is 12.0. The molecule has 2 aromatic carbocycles. The lowest BCUT2D eigenvalue weighted by Crippen LogP contribution is -1.88. The number of non-ortho nitro benzene ring substituents is 2. The topological polar surface area (TPSA) is 105 Å². The molecular formula is C14H14N2O6. The number of benzene rings is 2. The van der Waals surface area contributed by atoms with Crippen molar-refractivity contribution in [3.8, 4) is 11.5 Å². The van der Waals surface area contributed by atoms with Crippen LogP contribution in [0.15, 0.2) is 48.5 Å². The van der Waals surface area contributed by atoms with Crippen molar-refractivity contribution in [3.63, 3.8) is 0 Å². The number of ether oxygens (including phenoxy) is 2. The molecular weight excluding hydrogens is 292 g/mol. The molecule has 0 aliphatic heterocycles. The molecule has 22 heavy (non-hydrogen) atoms. The lowest BCUT2D eigenvalue weighted by atomic mass is 10.3. The summed E-state index contributed by atoms with van der Waals surface area (Å²) in [5.41, 5.74) is 0.0914. The van der Waals surface area contributed by atoms with Crippen LogP contribution in [-0.2, 0) is 0 Å². The van der Waals surface area contributed by atoms with Crippen LogP contribution in [-0.4, -0.2) is 24.1 Å². The average molecular weight is 306 g/mol. The molecule has 0 aliphatic carbocycles. The summed E-state index contributed by atoms with van der Waals surface area (Å²) < 4.78 is 9.60. The van der Waals surface area contributed by atoms with Crippen molar-refractivity contribution in [3.05, 3.63) is 68.8 Å². The van der Waals surface area contributed by atoms with E-state index < -0.39 is 9.85 Å². The van der Waals surface area contributed by atoms with Gasteiger partial charge in [-0.3, -0.25) is 20.2 Å². The number of hydrogen-bond acceptors (Lipinski definition) is 6. The van der Waals surface area contributed by atoms with Gasteiger partial charge in [-0.05, 0) is 12.1 Å². The van der Waals surface area contributed by atoms with Gasteiger partial charge in [0.15, 0.2) is 0 Å². The summed E-state index contributed by atoms with van der Waals surface area (Å²) in [5.74, 6) is 0.999. The van der Waals surface area contributed by atoms with Gasteiger partial charge in [-0.25, -0.2) is 0 Å². The Labute approximate surface area is 126 Å². The van der Waals surface area contributed by atoms with E-state index in [-0.39, 0.29) is 11.4 Å². The Bertz CT molecular complexity index is 602. The minimum atomic E-state index is -0.456. The first-order valence-electron chi connectivity index (χ1n) is 6.04. The van der Waals surface area contributed by atoms with Gasteiger partial charge < -0.3 is 9.47 Å². The van der Waals surface area contributed by atoms with Crippen molar-refractivity contribution >= 4 is 11.4 Å². The summed E-state index contributed by atoms with van der Waals surface area (Å²) in [6, 6.07) is 12.1. The molecule has 8 nitrogen and oxygen atoms in total. The lowest BCUT2D eigenvalue weighted by Gasteiger charge is -1.96. The zero-order valence-electron chi connectivity index (χ0n) is 12.0. The molecule has 2 rings (SSSR count). The van der Waals surface area contributed by atoms with Crippen LogP contribution < -0.4 is 9.47 Å². The average Bonchev–Trinajstić information content (AvgIpc) is 2.55. The summed E-state index contributed by atoms with van der Waals surface area (Å²) in [6.07, 6.45) is 0. The first kappa shape index (κ1) is 16.9.